The molecule has 1 aliphatic rings. The number of aryl methyl sites for hydroxylation is 2. The van der Waals surface area contributed by atoms with Crippen LogP contribution >= 0.6 is 0 Å². The van der Waals surface area contributed by atoms with Gasteiger partial charge in [0, 0.05) is 26.3 Å². The van der Waals surface area contributed by atoms with Crippen LogP contribution in [0.4, 0.5) is 0 Å². The third-order valence-corrected chi connectivity index (χ3v) is 2.72. The molecule has 14 heavy (non-hydrogen) atoms. The van der Waals surface area contributed by atoms with E-state index in [9.17, 15) is 5.11 Å². The molecule has 78 valence electrons. The van der Waals surface area contributed by atoms with Crippen molar-refractivity contribution in [3.63, 3.8) is 0 Å². The van der Waals surface area contributed by atoms with E-state index in [1.54, 1.807) is 4.68 Å². The molecule has 1 aromatic heterocycles. The lowest BCUT2D eigenvalue weighted by atomic mass is 9.95. The Kier molecular flexibility index (Phi) is 2.56. The van der Waals surface area contributed by atoms with Crippen molar-refractivity contribution in [2.45, 2.75) is 24.9 Å². The van der Waals surface area contributed by atoms with E-state index in [1.165, 1.54) is 5.56 Å². The lowest BCUT2D eigenvalue weighted by Gasteiger charge is -2.19. The van der Waals surface area contributed by atoms with E-state index >= 15 is 0 Å². The lowest BCUT2D eigenvalue weighted by molar-refractivity contribution is 0.0195. The Bertz CT molecular complexity index is 303. The summed E-state index contributed by atoms with van der Waals surface area (Å²) >= 11 is 0. The van der Waals surface area contributed by atoms with Crippen LogP contribution in [-0.4, -0.2) is 33.7 Å². The molecule has 1 saturated heterocycles. The van der Waals surface area contributed by atoms with Crippen molar-refractivity contribution in [2.24, 2.45) is 7.05 Å². The summed E-state index contributed by atoms with van der Waals surface area (Å²) in [7, 11) is 1.90. The molecule has 0 amide bonds. The van der Waals surface area contributed by atoms with Gasteiger partial charge < -0.3 is 9.84 Å². The maximum absolute atomic E-state index is 10.0. The number of aromatic nitrogens is 2. The van der Waals surface area contributed by atoms with Crippen LogP contribution in [0.5, 0.6) is 0 Å². The number of rotatable bonds is 3. The third-order valence-electron chi connectivity index (χ3n) is 2.72. The van der Waals surface area contributed by atoms with Gasteiger partial charge in [-0.2, -0.15) is 5.10 Å². The Hall–Kier alpha value is -0.870. The highest BCUT2D eigenvalue weighted by molar-refractivity contribution is 5.05. The molecule has 0 aromatic carbocycles. The van der Waals surface area contributed by atoms with Crippen LogP contribution in [-0.2, 0) is 18.2 Å². The minimum atomic E-state index is -0.601. The molecule has 0 radical (unpaired) electrons. The van der Waals surface area contributed by atoms with E-state index in [0.717, 1.165) is 19.3 Å². The summed E-state index contributed by atoms with van der Waals surface area (Å²) in [5, 5.41) is 14.1. The van der Waals surface area contributed by atoms with Gasteiger partial charge in [-0.1, -0.05) is 0 Å². The fourth-order valence-electron chi connectivity index (χ4n) is 1.77. The maximum atomic E-state index is 10.0. The summed E-state index contributed by atoms with van der Waals surface area (Å²) in [6.45, 7) is 1.16. The Balaban J connectivity index is 1.87. The molecule has 0 saturated carbocycles. The fraction of sp³-hybridized carbons (Fsp3) is 0.700. The Labute approximate surface area is 83.5 Å². The average molecular weight is 196 g/mol. The van der Waals surface area contributed by atoms with Crippen LogP contribution in [0.1, 0.15) is 18.4 Å². The van der Waals surface area contributed by atoms with Crippen molar-refractivity contribution >= 4 is 0 Å². The van der Waals surface area contributed by atoms with Gasteiger partial charge in [-0.15, -0.1) is 0 Å². The van der Waals surface area contributed by atoms with E-state index in [0.29, 0.717) is 13.2 Å². The molecule has 1 atom stereocenters. The van der Waals surface area contributed by atoms with Gasteiger partial charge in [0.25, 0.3) is 0 Å². The zero-order valence-corrected chi connectivity index (χ0v) is 8.44. The van der Waals surface area contributed by atoms with E-state index in [4.69, 9.17) is 4.74 Å². The standard InChI is InChI=1S/C10H16N2O2/c1-12-7-9(6-11-12)2-3-10(13)4-5-14-8-10/h6-7,13H,2-5,8H2,1H3. The van der Waals surface area contributed by atoms with Crippen LogP contribution < -0.4 is 0 Å². The average Bonchev–Trinajstić information content (AvgIpc) is 2.73. The summed E-state index contributed by atoms with van der Waals surface area (Å²) in [6, 6.07) is 0. The number of hydrogen-bond donors (Lipinski definition) is 1. The van der Waals surface area contributed by atoms with Crippen LogP contribution in [0.2, 0.25) is 0 Å². The van der Waals surface area contributed by atoms with Crippen LogP contribution in [0.3, 0.4) is 0 Å². The summed E-state index contributed by atoms with van der Waals surface area (Å²) in [5.41, 5.74) is 0.573. The molecule has 4 heteroatoms. The number of aliphatic hydroxyl groups is 1. The van der Waals surface area contributed by atoms with Crippen molar-refractivity contribution in [2.75, 3.05) is 13.2 Å². The summed E-state index contributed by atoms with van der Waals surface area (Å²) in [5.74, 6) is 0. The van der Waals surface area contributed by atoms with E-state index in [1.807, 2.05) is 19.4 Å². The number of hydrogen-bond acceptors (Lipinski definition) is 3. The highest BCUT2D eigenvalue weighted by Gasteiger charge is 2.31. The first-order valence-electron chi connectivity index (χ1n) is 4.96. The highest BCUT2D eigenvalue weighted by atomic mass is 16.5. The van der Waals surface area contributed by atoms with Gasteiger partial charge in [-0.3, -0.25) is 4.68 Å². The van der Waals surface area contributed by atoms with Crippen molar-refractivity contribution in [3.8, 4) is 0 Å². The molecule has 4 nitrogen and oxygen atoms in total. The van der Waals surface area contributed by atoms with Gasteiger partial charge in [-0.05, 0) is 18.4 Å². The third kappa shape index (κ3) is 2.13. The van der Waals surface area contributed by atoms with E-state index in [-0.39, 0.29) is 0 Å². The zero-order chi connectivity index (χ0) is 10.0. The second kappa shape index (κ2) is 3.71. The largest absolute Gasteiger partial charge is 0.387 e. The Morgan fingerprint density at radius 2 is 2.57 bits per heavy atom. The van der Waals surface area contributed by atoms with E-state index in [2.05, 4.69) is 5.10 Å². The number of ether oxygens (including phenoxy) is 1. The summed E-state index contributed by atoms with van der Waals surface area (Å²) < 4.78 is 6.97. The fourth-order valence-corrected chi connectivity index (χ4v) is 1.77. The van der Waals surface area contributed by atoms with Crippen LogP contribution in [0, 0.1) is 0 Å². The first-order chi connectivity index (χ1) is 6.68. The molecule has 0 spiro atoms. The Morgan fingerprint density at radius 3 is 3.14 bits per heavy atom. The maximum Gasteiger partial charge on any atom is 0.0905 e. The van der Waals surface area contributed by atoms with Gasteiger partial charge in [-0.25, -0.2) is 0 Å². The van der Waals surface area contributed by atoms with Gasteiger partial charge in [0.15, 0.2) is 0 Å². The monoisotopic (exact) mass is 196 g/mol. The van der Waals surface area contributed by atoms with Gasteiger partial charge in [0.1, 0.15) is 0 Å². The molecular weight excluding hydrogens is 180 g/mol. The van der Waals surface area contributed by atoms with Crippen molar-refractivity contribution < 1.29 is 9.84 Å². The van der Waals surface area contributed by atoms with E-state index < -0.39 is 5.60 Å². The Morgan fingerprint density at radius 1 is 1.71 bits per heavy atom. The molecule has 0 bridgehead atoms. The minimum absolute atomic E-state index is 0.479. The molecule has 1 aromatic rings. The second-order valence-electron chi connectivity index (χ2n) is 4.05. The van der Waals surface area contributed by atoms with Gasteiger partial charge in [0.05, 0.1) is 18.4 Å². The molecule has 1 aliphatic heterocycles. The molecule has 1 N–H and O–H groups in total. The normalized spacial score (nSPS) is 27.0. The SMILES string of the molecule is Cn1cc(CCC2(O)CCOC2)cn1. The van der Waals surface area contributed by atoms with Gasteiger partial charge in [0.2, 0.25) is 0 Å². The van der Waals surface area contributed by atoms with Crippen LogP contribution in [0.15, 0.2) is 12.4 Å². The van der Waals surface area contributed by atoms with Crippen molar-refractivity contribution in [1.82, 2.24) is 9.78 Å². The number of nitrogens with zero attached hydrogens (tertiary/aromatic N) is 2. The molecule has 2 rings (SSSR count). The first kappa shape index (κ1) is 9.68. The predicted molar refractivity (Wildman–Crippen MR) is 51.9 cm³/mol. The second-order valence-corrected chi connectivity index (χ2v) is 4.05. The summed E-state index contributed by atoms with van der Waals surface area (Å²) in [6.07, 6.45) is 6.22. The quantitative estimate of drug-likeness (QED) is 0.766. The molecule has 1 unspecified atom stereocenters. The van der Waals surface area contributed by atoms with Crippen LogP contribution in [0.25, 0.3) is 0 Å². The highest BCUT2D eigenvalue weighted by Crippen LogP contribution is 2.23. The smallest absolute Gasteiger partial charge is 0.0905 e. The van der Waals surface area contributed by atoms with Gasteiger partial charge >= 0.3 is 0 Å². The van der Waals surface area contributed by atoms with Crippen molar-refractivity contribution in [3.05, 3.63) is 18.0 Å². The molecule has 0 aliphatic carbocycles. The zero-order valence-electron chi connectivity index (χ0n) is 8.44. The topological polar surface area (TPSA) is 47.3 Å². The first-order valence-corrected chi connectivity index (χ1v) is 4.96. The van der Waals surface area contributed by atoms with Crippen molar-refractivity contribution in [1.29, 1.82) is 0 Å². The predicted octanol–water partition coefficient (Wildman–Crippen LogP) is 0.504. The molecule has 2 heterocycles. The molecular formula is C10H16N2O2. The minimum Gasteiger partial charge on any atom is -0.387 e. The molecule has 1 fully saturated rings. The summed E-state index contributed by atoms with van der Waals surface area (Å²) in [4.78, 5) is 0. The lowest BCUT2D eigenvalue weighted by Crippen LogP contribution is -2.29.